The fourth-order valence-corrected chi connectivity index (χ4v) is 17.2. The first-order chi connectivity index (χ1) is 30.4. The molecule has 1 aliphatic heterocycles. The van der Waals surface area contributed by atoms with Crippen LogP contribution in [0.2, 0.25) is 23.2 Å². The standard InChI is InChI=1S/C56H87NO7Si2/c1-38(30-31-39(2)49(64-65(18,19)53(8,9)10)40(3)50-41(4)57(55(14,15)61-50)51(59)62-52(5,6)7)34-42-32-33-46-47(56(42,16)37-58)35-43(60-17)36-48(46)63-66(54(11,12)13,44-26-22-20-23-27-44)45-28-24-21-25-29-45/h20-34,37,39-43,46-50H,35-36H2,1-19H3/b31-30+,38-34+/t39-,40+,41-,42-,43+,46-,47-,48+,49-,50+,56+/m1/s1. The summed E-state index contributed by atoms with van der Waals surface area (Å²) in [4.78, 5) is 29.0. The fraction of sp³-hybridized carbons (Fsp3) is 0.643. The summed E-state index contributed by atoms with van der Waals surface area (Å²) in [5.41, 5.74) is -1.08. The van der Waals surface area contributed by atoms with Crippen LogP contribution in [0.25, 0.3) is 0 Å². The molecule has 2 aliphatic carbocycles. The molecule has 1 amide bonds. The van der Waals surface area contributed by atoms with Crippen LogP contribution >= 0.6 is 0 Å². The normalized spacial score (nSPS) is 29.0. The first kappa shape index (κ1) is 53.8. The highest BCUT2D eigenvalue weighted by atomic mass is 28.4. The van der Waals surface area contributed by atoms with E-state index in [9.17, 15) is 9.59 Å². The second kappa shape index (κ2) is 20.1. The van der Waals surface area contributed by atoms with Crippen LogP contribution in [0.4, 0.5) is 4.79 Å². The Labute approximate surface area is 402 Å². The van der Waals surface area contributed by atoms with Gasteiger partial charge in [-0.25, -0.2) is 4.79 Å². The van der Waals surface area contributed by atoms with Crippen molar-refractivity contribution in [3.63, 3.8) is 0 Å². The number of rotatable bonds is 14. The molecule has 0 unspecified atom stereocenters. The minimum absolute atomic E-state index is 0.0101. The molecule has 0 bridgehead atoms. The Morgan fingerprint density at radius 1 is 0.864 bits per heavy atom. The number of hydrogen-bond donors (Lipinski definition) is 0. The molecule has 11 atom stereocenters. The Kier molecular flexibility index (Phi) is 16.4. The van der Waals surface area contributed by atoms with E-state index in [1.165, 1.54) is 16.7 Å². The van der Waals surface area contributed by atoms with Crippen molar-refractivity contribution in [3.05, 3.63) is 96.6 Å². The number of nitrogens with zero attached hydrogens (tertiary/aromatic N) is 1. The molecule has 1 heterocycles. The lowest BCUT2D eigenvalue weighted by atomic mass is 9.55. The third-order valence-electron chi connectivity index (χ3n) is 15.7. The number of fused-ring (bicyclic) bond motifs is 1. The van der Waals surface area contributed by atoms with Crippen LogP contribution in [0.15, 0.2) is 96.6 Å². The highest BCUT2D eigenvalue weighted by molar-refractivity contribution is 6.99. The van der Waals surface area contributed by atoms with Gasteiger partial charge in [0.15, 0.2) is 8.32 Å². The van der Waals surface area contributed by atoms with E-state index < -0.39 is 33.4 Å². The first-order valence-electron chi connectivity index (χ1n) is 24.6. The summed E-state index contributed by atoms with van der Waals surface area (Å²) >= 11 is 0. The monoisotopic (exact) mass is 942 g/mol. The number of allylic oxidation sites excluding steroid dienone is 4. The molecule has 1 saturated carbocycles. The van der Waals surface area contributed by atoms with Crippen molar-refractivity contribution in [2.45, 2.75) is 189 Å². The maximum absolute atomic E-state index is 13.7. The zero-order chi connectivity index (χ0) is 49.4. The van der Waals surface area contributed by atoms with Gasteiger partial charge in [0.1, 0.15) is 17.6 Å². The number of amides is 1. The van der Waals surface area contributed by atoms with Crippen LogP contribution in [0, 0.1) is 35.0 Å². The summed E-state index contributed by atoms with van der Waals surface area (Å²) in [5, 5.41) is 2.30. The highest BCUT2D eigenvalue weighted by Crippen LogP contribution is 2.53. The van der Waals surface area contributed by atoms with E-state index in [0.29, 0.717) is 0 Å². The summed E-state index contributed by atoms with van der Waals surface area (Å²) in [7, 11) is -3.35. The minimum atomic E-state index is -2.89. The Hall–Kier alpha value is -3.13. The molecule has 2 aromatic rings. The second-order valence-corrected chi connectivity index (χ2v) is 33.2. The molecule has 1 saturated heterocycles. The predicted octanol–water partition coefficient (Wildman–Crippen LogP) is 12.3. The molecule has 0 aromatic heterocycles. The molecule has 5 rings (SSSR count). The van der Waals surface area contributed by atoms with Crippen molar-refractivity contribution in [3.8, 4) is 0 Å². The summed E-state index contributed by atoms with van der Waals surface area (Å²) in [5.74, 6) is -0.108. The maximum Gasteiger partial charge on any atom is 0.412 e. The van der Waals surface area contributed by atoms with Gasteiger partial charge in [-0.1, -0.05) is 159 Å². The van der Waals surface area contributed by atoms with Gasteiger partial charge in [0, 0.05) is 30.3 Å². The zero-order valence-electron chi connectivity index (χ0n) is 44.2. The third-order valence-corrected chi connectivity index (χ3v) is 25.2. The van der Waals surface area contributed by atoms with Crippen molar-refractivity contribution in [1.29, 1.82) is 0 Å². The fourth-order valence-electron chi connectivity index (χ4n) is 11.0. The molecule has 0 N–H and O–H groups in total. The topological polar surface area (TPSA) is 83.5 Å². The largest absolute Gasteiger partial charge is 0.444 e. The molecule has 366 valence electrons. The summed E-state index contributed by atoms with van der Waals surface area (Å²) < 4.78 is 34.1. The quantitative estimate of drug-likeness (QED) is 0.0807. The lowest BCUT2D eigenvalue weighted by Crippen LogP contribution is -2.69. The number of hydrogen-bond acceptors (Lipinski definition) is 7. The summed E-state index contributed by atoms with van der Waals surface area (Å²) in [6.45, 7) is 38.7. The smallest absolute Gasteiger partial charge is 0.412 e. The Balaban J connectivity index is 1.48. The zero-order valence-corrected chi connectivity index (χ0v) is 46.2. The number of aldehydes is 1. The highest BCUT2D eigenvalue weighted by Gasteiger charge is 2.57. The van der Waals surface area contributed by atoms with E-state index in [1.807, 2.05) is 34.6 Å². The van der Waals surface area contributed by atoms with Gasteiger partial charge in [-0.2, -0.15) is 0 Å². The van der Waals surface area contributed by atoms with Gasteiger partial charge < -0.3 is 27.9 Å². The van der Waals surface area contributed by atoms with Gasteiger partial charge in [0.2, 0.25) is 0 Å². The minimum Gasteiger partial charge on any atom is -0.444 e. The van der Waals surface area contributed by atoms with Crippen LogP contribution in [0.3, 0.4) is 0 Å². The number of benzene rings is 2. The molecular weight excluding hydrogens is 855 g/mol. The van der Waals surface area contributed by atoms with E-state index in [4.69, 9.17) is 23.1 Å². The van der Waals surface area contributed by atoms with Crippen LogP contribution < -0.4 is 10.4 Å². The third kappa shape index (κ3) is 11.2. The average Bonchev–Trinajstić information content (AvgIpc) is 3.48. The SMILES string of the molecule is CO[C@@H]1C[C@H](O[Si](c2ccccc2)(c2ccccc2)C(C)(C)C)[C@@H]2C=C[C@H](/C=C(C)/C=C/[C@@H](C)[C@@H](O[Si](C)(C)C(C)(C)C)[C@H](C)[C@@H]3OC(C)(C)N(C(=O)OC(C)(C)C)[C@@H]3C)[C@](C)(C=O)[C@@H]2C1. The molecule has 3 aliphatic rings. The average molecular weight is 942 g/mol. The van der Waals surface area contributed by atoms with Gasteiger partial charge in [-0.3, -0.25) is 4.90 Å². The molecule has 2 aromatic carbocycles. The van der Waals surface area contributed by atoms with Crippen LogP contribution in [0.5, 0.6) is 0 Å². The molecular formula is C56H87NO7Si2. The van der Waals surface area contributed by atoms with E-state index >= 15 is 0 Å². The van der Waals surface area contributed by atoms with Gasteiger partial charge in [-0.15, -0.1) is 0 Å². The molecule has 66 heavy (non-hydrogen) atoms. The van der Waals surface area contributed by atoms with Crippen LogP contribution in [-0.2, 0) is 27.9 Å². The lowest BCUT2D eigenvalue weighted by molar-refractivity contribution is -0.128. The van der Waals surface area contributed by atoms with Crippen LogP contribution in [0.1, 0.15) is 124 Å². The lowest BCUT2D eigenvalue weighted by Gasteiger charge is -2.54. The Bertz CT molecular complexity index is 2000. The van der Waals surface area contributed by atoms with E-state index in [-0.39, 0.29) is 76.2 Å². The van der Waals surface area contributed by atoms with Gasteiger partial charge >= 0.3 is 6.09 Å². The van der Waals surface area contributed by atoms with E-state index in [1.54, 1.807) is 12.0 Å². The van der Waals surface area contributed by atoms with Crippen molar-refractivity contribution in [2.24, 2.45) is 35.0 Å². The van der Waals surface area contributed by atoms with Crippen LogP contribution in [-0.4, -0.2) is 82.8 Å². The second-order valence-electron chi connectivity index (χ2n) is 24.2. The number of methoxy groups -OCH3 is 1. The maximum atomic E-state index is 13.7. The molecule has 2 fully saturated rings. The molecule has 0 radical (unpaired) electrons. The van der Waals surface area contributed by atoms with Crippen molar-refractivity contribution >= 4 is 39.4 Å². The Morgan fingerprint density at radius 3 is 1.91 bits per heavy atom. The molecule has 8 nitrogen and oxygen atoms in total. The van der Waals surface area contributed by atoms with Crippen molar-refractivity contribution in [2.75, 3.05) is 7.11 Å². The van der Waals surface area contributed by atoms with Gasteiger partial charge in [-0.05, 0) is 107 Å². The van der Waals surface area contributed by atoms with E-state index in [0.717, 1.165) is 18.4 Å². The molecule has 0 spiro atoms. The first-order valence-corrected chi connectivity index (χ1v) is 29.5. The number of carbonyl (C=O) groups excluding carboxylic acids is 2. The summed E-state index contributed by atoms with van der Waals surface area (Å²) in [6.07, 6.45) is 13.1. The number of carbonyl (C=O) groups is 2. The van der Waals surface area contributed by atoms with Crippen molar-refractivity contribution in [1.82, 2.24) is 4.90 Å². The summed E-state index contributed by atoms with van der Waals surface area (Å²) in [6, 6.07) is 21.4. The number of ether oxygens (including phenoxy) is 3. The predicted molar refractivity (Wildman–Crippen MR) is 276 cm³/mol. The van der Waals surface area contributed by atoms with E-state index in [2.05, 4.69) is 180 Å². The van der Waals surface area contributed by atoms with Gasteiger partial charge in [0.25, 0.3) is 8.32 Å². The van der Waals surface area contributed by atoms with Gasteiger partial charge in [0.05, 0.1) is 30.5 Å². The Morgan fingerprint density at radius 2 is 1.42 bits per heavy atom. The van der Waals surface area contributed by atoms with Crippen molar-refractivity contribution < 1.29 is 32.7 Å². The molecule has 10 heteroatoms.